The molecular formula is C20H22O3. The van der Waals surface area contributed by atoms with E-state index in [0.29, 0.717) is 11.7 Å². The van der Waals surface area contributed by atoms with Crippen molar-refractivity contribution < 1.29 is 14.3 Å². The van der Waals surface area contributed by atoms with Crippen LogP contribution in [0.2, 0.25) is 0 Å². The van der Waals surface area contributed by atoms with Crippen LogP contribution in [0.15, 0.2) is 42.5 Å². The molecule has 0 unspecified atom stereocenters. The minimum absolute atomic E-state index is 0.284. The second-order valence-corrected chi connectivity index (χ2v) is 6.10. The van der Waals surface area contributed by atoms with Gasteiger partial charge in [0.1, 0.15) is 11.5 Å². The number of benzene rings is 2. The molecule has 0 fully saturated rings. The van der Waals surface area contributed by atoms with Crippen molar-refractivity contribution >= 4 is 5.97 Å². The van der Waals surface area contributed by atoms with Gasteiger partial charge in [-0.25, -0.2) is 0 Å². The van der Waals surface area contributed by atoms with E-state index < -0.39 is 0 Å². The highest BCUT2D eigenvalue weighted by molar-refractivity contribution is 5.69. The summed E-state index contributed by atoms with van der Waals surface area (Å²) in [7, 11) is 1.71. The van der Waals surface area contributed by atoms with Crippen LogP contribution in [0.3, 0.4) is 0 Å². The zero-order valence-corrected chi connectivity index (χ0v) is 13.7. The highest BCUT2D eigenvalue weighted by Gasteiger charge is 2.21. The number of esters is 1. The molecule has 0 bridgehead atoms. The summed E-state index contributed by atoms with van der Waals surface area (Å²) in [6, 6.07) is 14.3. The second-order valence-electron chi connectivity index (χ2n) is 6.10. The third-order valence-corrected chi connectivity index (χ3v) is 4.46. The van der Waals surface area contributed by atoms with Crippen LogP contribution in [0, 0.1) is 0 Å². The highest BCUT2D eigenvalue weighted by Crippen LogP contribution is 2.36. The van der Waals surface area contributed by atoms with Gasteiger partial charge < -0.3 is 9.47 Å². The van der Waals surface area contributed by atoms with Crippen LogP contribution in [-0.4, -0.2) is 13.1 Å². The lowest BCUT2D eigenvalue weighted by atomic mass is 9.79. The van der Waals surface area contributed by atoms with Gasteiger partial charge in [-0.2, -0.15) is 0 Å². The van der Waals surface area contributed by atoms with Gasteiger partial charge in [0.25, 0.3) is 0 Å². The van der Waals surface area contributed by atoms with Crippen LogP contribution in [-0.2, 0) is 17.6 Å². The van der Waals surface area contributed by atoms with Crippen LogP contribution in [0.4, 0.5) is 0 Å². The zero-order valence-electron chi connectivity index (χ0n) is 13.7. The monoisotopic (exact) mass is 310 g/mol. The fourth-order valence-corrected chi connectivity index (χ4v) is 3.37. The molecule has 0 N–H and O–H groups in total. The van der Waals surface area contributed by atoms with Crippen molar-refractivity contribution in [2.24, 2.45) is 0 Å². The molecule has 0 amide bonds. The molecule has 2 aromatic carbocycles. The molecule has 0 heterocycles. The van der Waals surface area contributed by atoms with Gasteiger partial charge in [0.05, 0.1) is 7.11 Å². The van der Waals surface area contributed by atoms with E-state index in [1.165, 1.54) is 36.5 Å². The quantitative estimate of drug-likeness (QED) is 0.624. The predicted octanol–water partition coefficient (Wildman–Crippen LogP) is 4.28. The number of aryl methyl sites for hydroxylation is 1. The van der Waals surface area contributed by atoms with E-state index in [1.807, 2.05) is 12.1 Å². The van der Waals surface area contributed by atoms with Crippen molar-refractivity contribution in [3.05, 3.63) is 59.2 Å². The van der Waals surface area contributed by atoms with Crippen LogP contribution in [0.1, 0.15) is 42.4 Å². The Morgan fingerprint density at radius 3 is 2.57 bits per heavy atom. The van der Waals surface area contributed by atoms with Gasteiger partial charge in [0.15, 0.2) is 0 Å². The molecule has 3 nitrogen and oxygen atoms in total. The SMILES string of the molecule is COc1ccc2c(c1)CCC[C@H]2Cc1ccc(OC(C)=O)cc1. The number of hydrogen-bond acceptors (Lipinski definition) is 3. The predicted molar refractivity (Wildman–Crippen MR) is 90.1 cm³/mol. The summed E-state index contributed by atoms with van der Waals surface area (Å²) in [6.07, 6.45) is 4.58. The normalized spacial score (nSPS) is 16.5. The third-order valence-electron chi connectivity index (χ3n) is 4.46. The zero-order chi connectivity index (χ0) is 16.2. The molecule has 1 atom stereocenters. The number of carbonyl (C=O) groups excluding carboxylic acids is 1. The smallest absolute Gasteiger partial charge is 0.308 e. The fraction of sp³-hybridized carbons (Fsp3) is 0.350. The first kappa shape index (κ1) is 15.6. The van der Waals surface area contributed by atoms with E-state index in [2.05, 4.69) is 30.3 Å². The summed E-state index contributed by atoms with van der Waals surface area (Å²) < 4.78 is 10.4. The maximum Gasteiger partial charge on any atom is 0.308 e. The van der Waals surface area contributed by atoms with Crippen LogP contribution in [0.5, 0.6) is 11.5 Å². The van der Waals surface area contributed by atoms with E-state index in [4.69, 9.17) is 9.47 Å². The molecule has 0 aromatic heterocycles. The number of fused-ring (bicyclic) bond motifs is 1. The van der Waals surface area contributed by atoms with Crippen LogP contribution >= 0.6 is 0 Å². The van der Waals surface area contributed by atoms with Crippen molar-refractivity contribution in [3.63, 3.8) is 0 Å². The second kappa shape index (κ2) is 6.86. The minimum atomic E-state index is -0.284. The molecule has 3 heteroatoms. The van der Waals surface area contributed by atoms with E-state index in [-0.39, 0.29) is 5.97 Å². The summed E-state index contributed by atoms with van der Waals surface area (Å²) >= 11 is 0. The van der Waals surface area contributed by atoms with Gasteiger partial charge in [-0.3, -0.25) is 4.79 Å². The van der Waals surface area contributed by atoms with Gasteiger partial charge in [0, 0.05) is 6.92 Å². The number of methoxy groups -OCH3 is 1. The lowest BCUT2D eigenvalue weighted by Gasteiger charge is -2.26. The Bertz CT molecular complexity index is 689. The Labute approximate surface area is 137 Å². The van der Waals surface area contributed by atoms with Crippen molar-refractivity contribution in [1.82, 2.24) is 0 Å². The lowest BCUT2D eigenvalue weighted by Crippen LogP contribution is -2.12. The first-order chi connectivity index (χ1) is 11.2. The Morgan fingerprint density at radius 1 is 1.13 bits per heavy atom. The highest BCUT2D eigenvalue weighted by atomic mass is 16.5. The van der Waals surface area contributed by atoms with Gasteiger partial charge in [-0.1, -0.05) is 18.2 Å². The van der Waals surface area contributed by atoms with E-state index in [9.17, 15) is 4.79 Å². The topological polar surface area (TPSA) is 35.5 Å². The van der Waals surface area contributed by atoms with Gasteiger partial charge in [-0.15, -0.1) is 0 Å². The summed E-state index contributed by atoms with van der Waals surface area (Å²) in [5.41, 5.74) is 4.13. The molecule has 0 saturated heterocycles. The Hall–Kier alpha value is -2.29. The van der Waals surface area contributed by atoms with E-state index in [1.54, 1.807) is 7.11 Å². The standard InChI is InChI=1S/C20H22O3/c1-14(21)23-18-8-6-15(7-9-18)12-16-4-3-5-17-13-19(22-2)10-11-20(16)17/h6-11,13,16H,3-5,12H2,1-2H3/t16-/m0/s1. The molecular weight excluding hydrogens is 288 g/mol. The van der Waals surface area contributed by atoms with Crippen molar-refractivity contribution in [2.75, 3.05) is 7.11 Å². The third kappa shape index (κ3) is 3.73. The van der Waals surface area contributed by atoms with Gasteiger partial charge in [-0.05, 0) is 72.6 Å². The fourth-order valence-electron chi connectivity index (χ4n) is 3.37. The maximum atomic E-state index is 11.0. The molecule has 0 radical (unpaired) electrons. The summed E-state index contributed by atoms with van der Waals surface area (Å²) in [5, 5.41) is 0. The lowest BCUT2D eigenvalue weighted by molar-refractivity contribution is -0.131. The molecule has 0 spiro atoms. The molecule has 0 saturated carbocycles. The van der Waals surface area contributed by atoms with E-state index >= 15 is 0 Å². The van der Waals surface area contributed by atoms with Crippen LogP contribution < -0.4 is 9.47 Å². The van der Waals surface area contributed by atoms with Crippen molar-refractivity contribution in [3.8, 4) is 11.5 Å². The van der Waals surface area contributed by atoms with E-state index in [0.717, 1.165) is 18.6 Å². The largest absolute Gasteiger partial charge is 0.497 e. The number of rotatable bonds is 4. The Morgan fingerprint density at radius 2 is 1.87 bits per heavy atom. The number of carbonyl (C=O) groups is 1. The molecule has 120 valence electrons. The number of hydrogen-bond donors (Lipinski definition) is 0. The summed E-state index contributed by atoms with van der Waals surface area (Å²) in [5.74, 6) is 1.81. The van der Waals surface area contributed by atoms with Gasteiger partial charge in [0.2, 0.25) is 0 Å². The molecule has 0 aliphatic heterocycles. The first-order valence-electron chi connectivity index (χ1n) is 8.10. The first-order valence-corrected chi connectivity index (χ1v) is 8.10. The minimum Gasteiger partial charge on any atom is -0.497 e. The molecule has 1 aliphatic carbocycles. The molecule has 2 aromatic rings. The molecule has 3 rings (SSSR count). The van der Waals surface area contributed by atoms with Crippen molar-refractivity contribution in [1.29, 1.82) is 0 Å². The Kier molecular flexibility index (Phi) is 4.65. The molecule has 23 heavy (non-hydrogen) atoms. The number of ether oxygens (including phenoxy) is 2. The maximum absolute atomic E-state index is 11.0. The Balaban J connectivity index is 1.75. The average molecular weight is 310 g/mol. The summed E-state index contributed by atoms with van der Waals surface area (Å²) in [4.78, 5) is 11.0. The van der Waals surface area contributed by atoms with Crippen LogP contribution in [0.25, 0.3) is 0 Å². The summed E-state index contributed by atoms with van der Waals surface area (Å²) in [6.45, 7) is 1.42. The van der Waals surface area contributed by atoms with Crippen molar-refractivity contribution in [2.45, 2.75) is 38.5 Å². The average Bonchev–Trinajstić information content (AvgIpc) is 2.56. The molecule has 1 aliphatic rings. The van der Waals surface area contributed by atoms with Gasteiger partial charge >= 0.3 is 5.97 Å².